The third-order valence-electron chi connectivity index (χ3n) is 3.23. The van der Waals surface area contributed by atoms with Gasteiger partial charge in [0, 0.05) is 17.1 Å². The van der Waals surface area contributed by atoms with Gasteiger partial charge >= 0.3 is 0 Å². The van der Waals surface area contributed by atoms with Gasteiger partial charge in [-0.25, -0.2) is 5.43 Å². The van der Waals surface area contributed by atoms with Crippen molar-refractivity contribution in [1.29, 1.82) is 0 Å². The van der Waals surface area contributed by atoms with Crippen molar-refractivity contribution < 1.29 is 14.6 Å². The van der Waals surface area contributed by atoms with Crippen molar-refractivity contribution in [3.05, 3.63) is 53.6 Å². The van der Waals surface area contributed by atoms with Gasteiger partial charge < -0.3 is 9.84 Å². The minimum absolute atomic E-state index is 0.0619. The summed E-state index contributed by atoms with van der Waals surface area (Å²) < 4.78 is 5.01. The number of rotatable bonds is 7. The second-order valence-electron chi connectivity index (χ2n) is 5.14. The maximum absolute atomic E-state index is 11.8. The Kier molecular flexibility index (Phi) is 6.69. The molecule has 0 atom stereocenters. The van der Waals surface area contributed by atoms with Gasteiger partial charge in [0.15, 0.2) is 11.5 Å². The number of ether oxygens (including phenoxy) is 1. The predicted molar refractivity (Wildman–Crippen MR) is 96.9 cm³/mol. The Morgan fingerprint density at radius 2 is 2.04 bits per heavy atom. The molecule has 0 aliphatic heterocycles. The van der Waals surface area contributed by atoms with Gasteiger partial charge in [0.25, 0.3) is 0 Å². The number of aromatic hydroxyl groups is 1. The number of amides is 1. The fourth-order valence-electron chi connectivity index (χ4n) is 1.91. The third-order valence-corrected chi connectivity index (χ3v) is 4.24. The Morgan fingerprint density at radius 1 is 1.29 bits per heavy atom. The second-order valence-corrected chi connectivity index (χ2v) is 6.30. The Bertz CT molecular complexity index is 715. The summed E-state index contributed by atoms with van der Waals surface area (Å²) in [5.41, 5.74) is 4.43. The summed E-state index contributed by atoms with van der Waals surface area (Å²) >= 11 is 1.64. The van der Waals surface area contributed by atoms with Crippen LogP contribution in [-0.4, -0.2) is 30.1 Å². The summed E-state index contributed by atoms with van der Waals surface area (Å²) in [7, 11) is 1.48. The van der Waals surface area contributed by atoms with Gasteiger partial charge in [-0.15, -0.1) is 11.8 Å². The highest BCUT2D eigenvalue weighted by molar-refractivity contribution is 7.99. The normalized spacial score (nSPS) is 10.8. The summed E-state index contributed by atoms with van der Waals surface area (Å²) in [5, 5.41) is 13.4. The lowest BCUT2D eigenvalue weighted by atomic mass is 10.2. The third kappa shape index (κ3) is 5.62. The summed E-state index contributed by atoms with van der Waals surface area (Å²) in [6.07, 6.45) is 1.89. The zero-order valence-corrected chi connectivity index (χ0v) is 14.5. The van der Waals surface area contributed by atoms with Gasteiger partial charge in [-0.1, -0.05) is 17.7 Å². The lowest BCUT2D eigenvalue weighted by Crippen LogP contribution is -2.17. The molecule has 6 heteroatoms. The molecular weight excluding hydrogens is 324 g/mol. The van der Waals surface area contributed by atoms with Crippen LogP contribution in [0.15, 0.2) is 52.5 Å². The highest BCUT2D eigenvalue weighted by atomic mass is 32.2. The quantitative estimate of drug-likeness (QED) is 0.459. The van der Waals surface area contributed by atoms with E-state index in [0.29, 0.717) is 17.9 Å². The maximum atomic E-state index is 11.8. The largest absolute Gasteiger partial charge is 0.504 e. The van der Waals surface area contributed by atoms with E-state index in [1.807, 2.05) is 19.1 Å². The van der Waals surface area contributed by atoms with E-state index in [1.54, 1.807) is 23.9 Å². The predicted octanol–water partition coefficient (Wildman–Crippen LogP) is 3.34. The van der Waals surface area contributed by atoms with Crippen LogP contribution >= 0.6 is 11.8 Å². The number of aryl methyl sites for hydroxylation is 1. The van der Waals surface area contributed by atoms with Gasteiger partial charge in [-0.05, 0) is 42.8 Å². The van der Waals surface area contributed by atoms with Crippen LogP contribution in [0.3, 0.4) is 0 Å². The van der Waals surface area contributed by atoms with E-state index in [2.05, 4.69) is 22.7 Å². The number of carbonyl (C=O) groups excluding carboxylic acids is 1. The van der Waals surface area contributed by atoms with Crippen molar-refractivity contribution in [3.63, 3.8) is 0 Å². The van der Waals surface area contributed by atoms with Gasteiger partial charge in [0.1, 0.15) is 0 Å². The number of nitrogens with zero attached hydrogens (tertiary/aromatic N) is 1. The molecule has 0 bridgehead atoms. The molecule has 0 aliphatic rings. The van der Waals surface area contributed by atoms with Crippen molar-refractivity contribution in [2.24, 2.45) is 5.10 Å². The summed E-state index contributed by atoms with van der Waals surface area (Å²) in [6, 6.07) is 13.0. The van der Waals surface area contributed by atoms with Crippen LogP contribution in [0, 0.1) is 6.92 Å². The molecule has 2 aromatic carbocycles. The molecule has 0 spiro atoms. The number of thioether (sulfide) groups is 1. The Balaban J connectivity index is 1.75. The molecule has 0 heterocycles. The highest BCUT2D eigenvalue weighted by Crippen LogP contribution is 2.25. The molecule has 0 aliphatic carbocycles. The number of carbonyl (C=O) groups is 1. The van der Waals surface area contributed by atoms with E-state index in [-0.39, 0.29) is 11.7 Å². The van der Waals surface area contributed by atoms with E-state index in [4.69, 9.17) is 4.74 Å². The number of methoxy groups -OCH3 is 1. The van der Waals surface area contributed by atoms with Crippen molar-refractivity contribution in [3.8, 4) is 11.5 Å². The topological polar surface area (TPSA) is 70.9 Å². The van der Waals surface area contributed by atoms with Crippen LogP contribution in [0.25, 0.3) is 0 Å². The summed E-state index contributed by atoms with van der Waals surface area (Å²) in [6.45, 7) is 2.05. The molecule has 1 amide bonds. The van der Waals surface area contributed by atoms with E-state index in [1.165, 1.54) is 25.0 Å². The zero-order valence-electron chi connectivity index (χ0n) is 13.7. The monoisotopic (exact) mass is 344 g/mol. The Morgan fingerprint density at radius 3 is 2.75 bits per heavy atom. The molecule has 2 rings (SSSR count). The van der Waals surface area contributed by atoms with Crippen LogP contribution in [0.2, 0.25) is 0 Å². The Hall–Kier alpha value is -2.47. The van der Waals surface area contributed by atoms with Crippen LogP contribution < -0.4 is 10.2 Å². The van der Waals surface area contributed by atoms with Crippen molar-refractivity contribution in [1.82, 2.24) is 5.43 Å². The number of nitrogens with one attached hydrogen (secondary N) is 1. The number of phenols is 1. The van der Waals surface area contributed by atoms with Gasteiger partial charge in [0.2, 0.25) is 5.91 Å². The second kappa shape index (κ2) is 8.98. The molecule has 0 aromatic heterocycles. The fourth-order valence-corrected chi connectivity index (χ4v) is 2.76. The molecule has 24 heavy (non-hydrogen) atoms. The van der Waals surface area contributed by atoms with Gasteiger partial charge in [-0.3, -0.25) is 4.79 Å². The first-order valence-electron chi connectivity index (χ1n) is 7.47. The fraction of sp³-hybridized carbons (Fsp3) is 0.222. The molecule has 2 aromatic rings. The molecule has 0 radical (unpaired) electrons. The molecule has 126 valence electrons. The highest BCUT2D eigenvalue weighted by Gasteiger charge is 2.02. The molecular formula is C18H20N2O3S. The number of phenolic OH excluding ortho intramolecular Hbond substituents is 1. The molecule has 2 N–H and O–H groups in total. The SMILES string of the molecule is COc1cc(/C=N\NC(=O)CCSc2ccc(C)cc2)ccc1O. The van der Waals surface area contributed by atoms with Crippen LogP contribution in [0.5, 0.6) is 11.5 Å². The molecule has 0 saturated carbocycles. The summed E-state index contributed by atoms with van der Waals surface area (Å²) in [4.78, 5) is 12.9. The summed E-state index contributed by atoms with van der Waals surface area (Å²) in [5.74, 6) is 0.973. The molecule has 0 fully saturated rings. The first-order chi connectivity index (χ1) is 11.6. The molecule has 0 saturated heterocycles. The number of benzene rings is 2. The van der Waals surface area contributed by atoms with E-state index in [9.17, 15) is 9.90 Å². The van der Waals surface area contributed by atoms with E-state index < -0.39 is 0 Å². The van der Waals surface area contributed by atoms with E-state index >= 15 is 0 Å². The lowest BCUT2D eigenvalue weighted by molar-refractivity contribution is -0.120. The smallest absolute Gasteiger partial charge is 0.240 e. The first-order valence-corrected chi connectivity index (χ1v) is 8.45. The molecule has 0 unspecified atom stereocenters. The lowest BCUT2D eigenvalue weighted by Gasteiger charge is -2.04. The number of hydrazone groups is 1. The van der Waals surface area contributed by atoms with Gasteiger partial charge in [-0.2, -0.15) is 5.10 Å². The average Bonchev–Trinajstić information content (AvgIpc) is 2.58. The number of hydrogen-bond donors (Lipinski definition) is 2. The van der Waals surface area contributed by atoms with E-state index in [0.717, 1.165) is 10.5 Å². The average molecular weight is 344 g/mol. The van der Waals surface area contributed by atoms with Crippen LogP contribution in [0.1, 0.15) is 17.5 Å². The first kappa shape index (κ1) is 17.9. The maximum Gasteiger partial charge on any atom is 0.240 e. The Labute approximate surface area is 145 Å². The van der Waals surface area contributed by atoms with Crippen LogP contribution in [0.4, 0.5) is 0 Å². The minimum Gasteiger partial charge on any atom is -0.504 e. The standard InChI is InChI=1S/C18H20N2O3S/c1-13-3-6-15(7-4-13)24-10-9-18(22)20-19-12-14-5-8-16(21)17(11-14)23-2/h3-8,11-12,21H,9-10H2,1-2H3,(H,20,22)/b19-12-. The minimum atomic E-state index is -0.142. The van der Waals surface area contributed by atoms with Crippen LogP contribution in [-0.2, 0) is 4.79 Å². The molecule has 5 nitrogen and oxygen atoms in total. The number of hydrogen-bond acceptors (Lipinski definition) is 5. The van der Waals surface area contributed by atoms with Gasteiger partial charge in [0.05, 0.1) is 13.3 Å². The van der Waals surface area contributed by atoms with Crippen molar-refractivity contribution >= 4 is 23.9 Å². The zero-order chi connectivity index (χ0) is 17.4. The van der Waals surface area contributed by atoms with Crippen molar-refractivity contribution in [2.45, 2.75) is 18.2 Å². The van der Waals surface area contributed by atoms with Crippen molar-refractivity contribution in [2.75, 3.05) is 12.9 Å².